The fourth-order valence-electron chi connectivity index (χ4n) is 0.952. The molecule has 0 aromatic carbocycles. The molecule has 1 rings (SSSR count). The Morgan fingerprint density at radius 1 is 1.67 bits per heavy atom. The van der Waals surface area contributed by atoms with E-state index in [1.54, 1.807) is 7.05 Å². The molecule has 3 N–H and O–H groups in total. The molecule has 1 heterocycles. The predicted molar refractivity (Wildman–Crippen MR) is 46.1 cm³/mol. The maximum atomic E-state index is 5.43. The number of hydrogen-bond donors (Lipinski definition) is 2. The van der Waals surface area contributed by atoms with E-state index in [0.717, 1.165) is 0 Å². The third kappa shape index (κ3) is 3.06. The van der Waals surface area contributed by atoms with Crippen LogP contribution in [-0.2, 0) is 9.47 Å². The molecular formula is C7H15N3O2. The molecule has 0 aliphatic carbocycles. The lowest BCUT2D eigenvalue weighted by molar-refractivity contribution is -0.0850. The highest BCUT2D eigenvalue weighted by atomic mass is 16.6. The van der Waals surface area contributed by atoms with Gasteiger partial charge in [-0.3, -0.25) is 4.99 Å². The summed E-state index contributed by atoms with van der Waals surface area (Å²) in [4.78, 5) is 3.76. The number of nitrogens with two attached hydrogens (primary N) is 1. The van der Waals surface area contributed by atoms with Crippen molar-refractivity contribution in [1.82, 2.24) is 5.32 Å². The zero-order chi connectivity index (χ0) is 8.81. The SMILES string of the molecule is CN=C(N)NCC1COCCO1. The second kappa shape index (κ2) is 4.95. The molecular weight excluding hydrogens is 158 g/mol. The van der Waals surface area contributed by atoms with Crippen LogP contribution in [0.15, 0.2) is 4.99 Å². The minimum Gasteiger partial charge on any atom is -0.376 e. The summed E-state index contributed by atoms with van der Waals surface area (Å²) in [6, 6.07) is 0. The quantitative estimate of drug-likeness (QED) is 0.412. The Hall–Kier alpha value is -0.810. The minimum atomic E-state index is 0.0963. The van der Waals surface area contributed by atoms with Crippen molar-refractivity contribution >= 4 is 5.96 Å². The Bertz CT molecular complexity index is 155. The first-order valence-corrected chi connectivity index (χ1v) is 3.98. The summed E-state index contributed by atoms with van der Waals surface area (Å²) in [5, 5.41) is 2.92. The lowest BCUT2D eigenvalue weighted by Crippen LogP contribution is -2.42. The van der Waals surface area contributed by atoms with Crippen LogP contribution in [-0.4, -0.2) is 45.5 Å². The van der Waals surface area contributed by atoms with Crippen LogP contribution >= 0.6 is 0 Å². The molecule has 0 aromatic rings. The van der Waals surface area contributed by atoms with Gasteiger partial charge in [0.05, 0.1) is 25.9 Å². The highest BCUT2D eigenvalue weighted by molar-refractivity contribution is 5.77. The maximum Gasteiger partial charge on any atom is 0.188 e. The number of nitrogens with one attached hydrogen (secondary N) is 1. The molecule has 0 spiro atoms. The lowest BCUT2D eigenvalue weighted by Gasteiger charge is -2.23. The molecule has 1 unspecified atom stereocenters. The van der Waals surface area contributed by atoms with Crippen molar-refractivity contribution in [1.29, 1.82) is 0 Å². The van der Waals surface area contributed by atoms with Gasteiger partial charge in [0.25, 0.3) is 0 Å². The minimum absolute atomic E-state index is 0.0963. The van der Waals surface area contributed by atoms with E-state index in [9.17, 15) is 0 Å². The fraction of sp³-hybridized carbons (Fsp3) is 0.857. The number of guanidine groups is 1. The van der Waals surface area contributed by atoms with Crippen LogP contribution in [0.25, 0.3) is 0 Å². The Morgan fingerprint density at radius 2 is 2.50 bits per heavy atom. The van der Waals surface area contributed by atoms with Gasteiger partial charge in [-0.1, -0.05) is 0 Å². The molecule has 1 fully saturated rings. The van der Waals surface area contributed by atoms with E-state index < -0.39 is 0 Å². The van der Waals surface area contributed by atoms with E-state index in [-0.39, 0.29) is 6.10 Å². The zero-order valence-electron chi connectivity index (χ0n) is 7.25. The average Bonchev–Trinajstić information content (AvgIpc) is 2.16. The van der Waals surface area contributed by atoms with E-state index in [0.29, 0.717) is 32.3 Å². The van der Waals surface area contributed by atoms with Gasteiger partial charge in [-0.25, -0.2) is 0 Å². The van der Waals surface area contributed by atoms with Crippen LogP contribution in [0.2, 0.25) is 0 Å². The smallest absolute Gasteiger partial charge is 0.188 e. The van der Waals surface area contributed by atoms with Gasteiger partial charge in [0.15, 0.2) is 5.96 Å². The van der Waals surface area contributed by atoms with Crippen LogP contribution in [0.1, 0.15) is 0 Å². The molecule has 5 heteroatoms. The second-order valence-corrected chi connectivity index (χ2v) is 2.56. The summed E-state index contributed by atoms with van der Waals surface area (Å²) in [6.07, 6.45) is 0.0963. The van der Waals surface area contributed by atoms with Crippen molar-refractivity contribution in [2.24, 2.45) is 10.7 Å². The Kier molecular flexibility index (Phi) is 3.83. The van der Waals surface area contributed by atoms with E-state index in [2.05, 4.69) is 10.3 Å². The maximum absolute atomic E-state index is 5.43. The average molecular weight is 173 g/mol. The first-order valence-electron chi connectivity index (χ1n) is 3.98. The first-order chi connectivity index (χ1) is 5.83. The molecule has 1 atom stereocenters. The Balaban J connectivity index is 2.13. The van der Waals surface area contributed by atoms with Crippen molar-refractivity contribution in [3.05, 3.63) is 0 Å². The molecule has 0 saturated carbocycles. The van der Waals surface area contributed by atoms with E-state index >= 15 is 0 Å². The van der Waals surface area contributed by atoms with Gasteiger partial charge in [-0.15, -0.1) is 0 Å². The third-order valence-electron chi connectivity index (χ3n) is 1.64. The second-order valence-electron chi connectivity index (χ2n) is 2.56. The largest absolute Gasteiger partial charge is 0.376 e. The standard InChI is InChI=1S/C7H15N3O2/c1-9-7(8)10-4-6-5-11-2-3-12-6/h6H,2-5H2,1H3,(H3,8,9,10). The van der Waals surface area contributed by atoms with Crippen molar-refractivity contribution in [2.75, 3.05) is 33.4 Å². The number of hydrogen-bond acceptors (Lipinski definition) is 3. The van der Waals surface area contributed by atoms with Crippen LogP contribution in [0.5, 0.6) is 0 Å². The van der Waals surface area contributed by atoms with Crippen molar-refractivity contribution in [2.45, 2.75) is 6.10 Å². The Labute approximate surface area is 71.9 Å². The van der Waals surface area contributed by atoms with Crippen LogP contribution in [0, 0.1) is 0 Å². The fourth-order valence-corrected chi connectivity index (χ4v) is 0.952. The molecule has 0 bridgehead atoms. The normalized spacial score (nSPS) is 25.4. The van der Waals surface area contributed by atoms with Crippen molar-refractivity contribution < 1.29 is 9.47 Å². The number of rotatable bonds is 2. The topological polar surface area (TPSA) is 68.9 Å². The number of ether oxygens (including phenoxy) is 2. The summed E-state index contributed by atoms with van der Waals surface area (Å²) in [5.41, 5.74) is 5.43. The monoisotopic (exact) mass is 173 g/mol. The molecule has 12 heavy (non-hydrogen) atoms. The Morgan fingerprint density at radius 3 is 3.08 bits per heavy atom. The van der Waals surface area contributed by atoms with Crippen molar-refractivity contribution in [3.8, 4) is 0 Å². The van der Waals surface area contributed by atoms with Gasteiger partial charge < -0.3 is 20.5 Å². The molecule has 0 radical (unpaired) electrons. The highest BCUT2D eigenvalue weighted by Gasteiger charge is 2.13. The summed E-state index contributed by atoms with van der Waals surface area (Å²) in [7, 11) is 1.64. The first kappa shape index (κ1) is 9.28. The van der Waals surface area contributed by atoms with Gasteiger partial charge >= 0.3 is 0 Å². The van der Waals surface area contributed by atoms with Gasteiger partial charge in [0.1, 0.15) is 0 Å². The molecule has 1 saturated heterocycles. The molecule has 70 valence electrons. The molecule has 1 aliphatic heterocycles. The summed E-state index contributed by atoms with van der Waals surface area (Å²) >= 11 is 0. The van der Waals surface area contributed by atoms with Gasteiger partial charge in [0.2, 0.25) is 0 Å². The van der Waals surface area contributed by atoms with Crippen LogP contribution in [0.4, 0.5) is 0 Å². The van der Waals surface area contributed by atoms with E-state index in [4.69, 9.17) is 15.2 Å². The molecule has 0 aromatic heterocycles. The van der Waals surface area contributed by atoms with Crippen LogP contribution in [0.3, 0.4) is 0 Å². The number of nitrogens with zero attached hydrogens (tertiary/aromatic N) is 1. The van der Waals surface area contributed by atoms with Crippen LogP contribution < -0.4 is 11.1 Å². The van der Waals surface area contributed by atoms with Crippen molar-refractivity contribution in [3.63, 3.8) is 0 Å². The summed E-state index contributed by atoms with van der Waals surface area (Å²) in [6.45, 7) is 2.64. The zero-order valence-corrected chi connectivity index (χ0v) is 7.25. The highest BCUT2D eigenvalue weighted by Crippen LogP contribution is 1.98. The van der Waals surface area contributed by atoms with Gasteiger partial charge in [-0.05, 0) is 0 Å². The molecule has 1 aliphatic rings. The van der Waals surface area contributed by atoms with E-state index in [1.807, 2.05) is 0 Å². The van der Waals surface area contributed by atoms with Gasteiger partial charge in [0, 0.05) is 13.6 Å². The number of aliphatic imine (C=N–C) groups is 1. The summed E-state index contributed by atoms with van der Waals surface area (Å²) < 4.78 is 10.6. The lowest BCUT2D eigenvalue weighted by atomic mass is 10.3. The van der Waals surface area contributed by atoms with Gasteiger partial charge in [-0.2, -0.15) is 0 Å². The predicted octanol–water partition coefficient (Wildman–Crippen LogP) is -1.06. The molecule has 5 nitrogen and oxygen atoms in total. The third-order valence-corrected chi connectivity index (χ3v) is 1.64. The molecule has 0 amide bonds. The van der Waals surface area contributed by atoms with E-state index in [1.165, 1.54) is 0 Å². The summed E-state index contributed by atoms with van der Waals surface area (Å²) in [5.74, 6) is 0.434.